The van der Waals surface area contributed by atoms with Gasteiger partial charge in [-0.15, -0.1) is 0 Å². The molecule has 1 rings (SSSR count). The van der Waals surface area contributed by atoms with Crippen LogP contribution in [0.3, 0.4) is 0 Å². The van der Waals surface area contributed by atoms with E-state index in [1.54, 1.807) is 0 Å². The van der Waals surface area contributed by atoms with Gasteiger partial charge in [-0.3, -0.25) is 0 Å². The van der Waals surface area contributed by atoms with Gasteiger partial charge in [-0.05, 0) is 38.3 Å². The Morgan fingerprint density at radius 2 is 1.88 bits per heavy atom. The Morgan fingerprint density at radius 1 is 1.25 bits per heavy atom. The van der Waals surface area contributed by atoms with Crippen molar-refractivity contribution in [3.63, 3.8) is 0 Å². The van der Waals surface area contributed by atoms with E-state index in [2.05, 4.69) is 31.0 Å². The summed E-state index contributed by atoms with van der Waals surface area (Å²) in [5.74, 6) is 0.708. The SMILES string of the molecule is CCN(CC)CCNC(CC)(CO)C1CC1. The van der Waals surface area contributed by atoms with Crippen LogP contribution in [0.1, 0.15) is 40.0 Å². The van der Waals surface area contributed by atoms with Crippen LogP contribution in [0.15, 0.2) is 0 Å². The van der Waals surface area contributed by atoms with E-state index in [-0.39, 0.29) is 12.1 Å². The Balaban J connectivity index is 2.32. The molecule has 0 radical (unpaired) electrons. The first kappa shape index (κ1) is 13.9. The number of aliphatic hydroxyl groups excluding tert-OH is 1. The van der Waals surface area contributed by atoms with Gasteiger partial charge >= 0.3 is 0 Å². The Bertz CT molecular complexity index is 184. The van der Waals surface area contributed by atoms with Gasteiger partial charge in [0.25, 0.3) is 0 Å². The fourth-order valence-corrected chi connectivity index (χ4v) is 2.49. The lowest BCUT2D eigenvalue weighted by molar-refractivity contribution is 0.130. The van der Waals surface area contributed by atoms with E-state index in [0.29, 0.717) is 5.92 Å². The molecule has 1 saturated carbocycles. The molecule has 0 aromatic heterocycles. The highest BCUT2D eigenvalue weighted by Gasteiger charge is 2.42. The molecule has 1 aliphatic carbocycles. The molecule has 0 saturated heterocycles. The second kappa shape index (κ2) is 6.58. The van der Waals surface area contributed by atoms with Crippen molar-refractivity contribution >= 4 is 0 Å². The fraction of sp³-hybridized carbons (Fsp3) is 1.00. The van der Waals surface area contributed by atoms with E-state index in [1.807, 2.05) is 0 Å². The summed E-state index contributed by atoms with van der Waals surface area (Å²) >= 11 is 0. The fourth-order valence-electron chi connectivity index (χ4n) is 2.49. The van der Waals surface area contributed by atoms with Gasteiger partial charge in [0.2, 0.25) is 0 Å². The molecular formula is C13H28N2O. The number of hydrogen-bond donors (Lipinski definition) is 2. The minimum atomic E-state index is 0.00710. The van der Waals surface area contributed by atoms with Crippen molar-refractivity contribution in [1.82, 2.24) is 10.2 Å². The van der Waals surface area contributed by atoms with Crippen molar-refractivity contribution in [1.29, 1.82) is 0 Å². The zero-order valence-corrected chi connectivity index (χ0v) is 11.1. The maximum absolute atomic E-state index is 9.59. The van der Waals surface area contributed by atoms with Crippen molar-refractivity contribution in [2.45, 2.75) is 45.6 Å². The van der Waals surface area contributed by atoms with E-state index < -0.39 is 0 Å². The Kier molecular flexibility index (Phi) is 5.73. The maximum atomic E-state index is 9.59. The van der Waals surface area contributed by atoms with E-state index in [0.717, 1.165) is 32.6 Å². The summed E-state index contributed by atoms with van der Waals surface area (Å²) in [6, 6.07) is 0. The number of nitrogens with one attached hydrogen (secondary N) is 1. The van der Waals surface area contributed by atoms with Crippen molar-refractivity contribution in [3.05, 3.63) is 0 Å². The number of likely N-dealkylation sites (N-methyl/N-ethyl adjacent to an activating group) is 1. The Labute approximate surface area is 100 Å². The monoisotopic (exact) mass is 228 g/mol. The third kappa shape index (κ3) is 3.44. The van der Waals surface area contributed by atoms with Crippen LogP contribution in [-0.4, -0.2) is 48.3 Å². The van der Waals surface area contributed by atoms with Crippen LogP contribution < -0.4 is 5.32 Å². The zero-order valence-electron chi connectivity index (χ0n) is 11.1. The molecule has 0 heterocycles. The van der Waals surface area contributed by atoms with Gasteiger partial charge in [0.05, 0.1) is 6.61 Å². The molecule has 0 aromatic carbocycles. The van der Waals surface area contributed by atoms with Crippen molar-refractivity contribution < 1.29 is 5.11 Å². The van der Waals surface area contributed by atoms with Gasteiger partial charge in [0, 0.05) is 18.6 Å². The lowest BCUT2D eigenvalue weighted by atomic mass is 9.91. The predicted molar refractivity (Wildman–Crippen MR) is 68.6 cm³/mol. The minimum absolute atomic E-state index is 0.00710. The quantitative estimate of drug-likeness (QED) is 0.627. The van der Waals surface area contributed by atoms with Crippen molar-refractivity contribution in [3.8, 4) is 0 Å². The van der Waals surface area contributed by atoms with Crippen LogP contribution in [-0.2, 0) is 0 Å². The number of hydrogen-bond acceptors (Lipinski definition) is 3. The average molecular weight is 228 g/mol. The highest BCUT2D eigenvalue weighted by Crippen LogP contribution is 2.41. The van der Waals surface area contributed by atoms with Gasteiger partial charge in [-0.2, -0.15) is 0 Å². The molecule has 1 unspecified atom stereocenters. The van der Waals surface area contributed by atoms with Gasteiger partial charge in [0.15, 0.2) is 0 Å². The Hall–Kier alpha value is -0.120. The standard InChI is InChI=1S/C13H28N2O/c1-4-13(11-16,12-7-8-12)14-9-10-15(5-2)6-3/h12,14,16H,4-11H2,1-3H3. The highest BCUT2D eigenvalue weighted by atomic mass is 16.3. The van der Waals surface area contributed by atoms with Crippen LogP contribution in [0.2, 0.25) is 0 Å². The lowest BCUT2D eigenvalue weighted by Gasteiger charge is -2.33. The van der Waals surface area contributed by atoms with Crippen LogP contribution in [0.4, 0.5) is 0 Å². The molecule has 0 amide bonds. The topological polar surface area (TPSA) is 35.5 Å². The first-order valence-corrected chi connectivity index (χ1v) is 6.80. The van der Waals surface area contributed by atoms with Crippen molar-refractivity contribution in [2.24, 2.45) is 5.92 Å². The number of aliphatic hydroxyl groups is 1. The molecule has 0 bridgehead atoms. The van der Waals surface area contributed by atoms with Crippen LogP contribution in [0.5, 0.6) is 0 Å². The molecule has 16 heavy (non-hydrogen) atoms. The summed E-state index contributed by atoms with van der Waals surface area (Å²) in [5, 5.41) is 13.2. The summed E-state index contributed by atoms with van der Waals surface area (Å²) in [7, 11) is 0. The van der Waals surface area contributed by atoms with Crippen molar-refractivity contribution in [2.75, 3.05) is 32.8 Å². The first-order chi connectivity index (χ1) is 7.72. The summed E-state index contributed by atoms with van der Waals surface area (Å²) in [5.41, 5.74) is 0.00710. The summed E-state index contributed by atoms with van der Waals surface area (Å²) < 4.78 is 0. The molecule has 2 N–H and O–H groups in total. The van der Waals surface area contributed by atoms with E-state index >= 15 is 0 Å². The molecule has 3 nitrogen and oxygen atoms in total. The normalized spacial score (nSPS) is 20.1. The third-order valence-electron chi connectivity index (χ3n) is 4.07. The largest absolute Gasteiger partial charge is 0.394 e. The van der Waals surface area contributed by atoms with Crippen LogP contribution in [0.25, 0.3) is 0 Å². The molecule has 0 aromatic rings. The van der Waals surface area contributed by atoms with Gasteiger partial charge < -0.3 is 15.3 Å². The average Bonchev–Trinajstić information content (AvgIpc) is 3.15. The van der Waals surface area contributed by atoms with Crippen LogP contribution in [0, 0.1) is 5.92 Å². The highest BCUT2D eigenvalue weighted by molar-refractivity contribution is 4.99. The zero-order chi connectivity index (χ0) is 12.0. The Morgan fingerprint density at radius 3 is 2.25 bits per heavy atom. The van der Waals surface area contributed by atoms with Gasteiger partial charge in [-0.1, -0.05) is 20.8 Å². The molecule has 1 aliphatic rings. The molecule has 0 spiro atoms. The summed E-state index contributed by atoms with van der Waals surface area (Å²) in [6.45, 7) is 11.2. The summed E-state index contributed by atoms with van der Waals surface area (Å²) in [4.78, 5) is 2.41. The second-order valence-corrected chi connectivity index (χ2v) is 4.90. The minimum Gasteiger partial charge on any atom is -0.394 e. The smallest absolute Gasteiger partial charge is 0.0615 e. The molecule has 96 valence electrons. The number of nitrogens with zero attached hydrogens (tertiary/aromatic N) is 1. The second-order valence-electron chi connectivity index (χ2n) is 4.90. The molecule has 1 atom stereocenters. The molecule has 0 aliphatic heterocycles. The predicted octanol–water partition coefficient (Wildman–Crippen LogP) is 1.47. The van der Waals surface area contributed by atoms with Crippen LogP contribution >= 0.6 is 0 Å². The van der Waals surface area contributed by atoms with E-state index in [4.69, 9.17) is 0 Å². The van der Waals surface area contributed by atoms with Gasteiger partial charge in [0.1, 0.15) is 0 Å². The lowest BCUT2D eigenvalue weighted by Crippen LogP contribution is -2.52. The van der Waals surface area contributed by atoms with Gasteiger partial charge in [-0.25, -0.2) is 0 Å². The summed E-state index contributed by atoms with van der Waals surface area (Å²) in [6.07, 6.45) is 3.60. The third-order valence-corrected chi connectivity index (χ3v) is 4.07. The van der Waals surface area contributed by atoms with E-state index in [1.165, 1.54) is 12.8 Å². The maximum Gasteiger partial charge on any atom is 0.0615 e. The molecular weight excluding hydrogens is 200 g/mol. The van der Waals surface area contributed by atoms with E-state index in [9.17, 15) is 5.11 Å². The first-order valence-electron chi connectivity index (χ1n) is 6.80. The number of rotatable bonds is 9. The molecule has 1 fully saturated rings. The molecule has 3 heteroatoms.